The summed E-state index contributed by atoms with van der Waals surface area (Å²) in [5.74, 6) is -0.549. The third-order valence-electron chi connectivity index (χ3n) is 5.31. The van der Waals surface area contributed by atoms with Crippen LogP contribution in [0.4, 0.5) is 0 Å². The van der Waals surface area contributed by atoms with Gasteiger partial charge in [0, 0.05) is 17.6 Å². The van der Waals surface area contributed by atoms with E-state index in [4.69, 9.17) is 4.74 Å². The predicted octanol–water partition coefficient (Wildman–Crippen LogP) is 3.48. The minimum atomic E-state index is -0.915. The summed E-state index contributed by atoms with van der Waals surface area (Å²) >= 11 is 0. The van der Waals surface area contributed by atoms with Gasteiger partial charge in [-0.15, -0.1) is 0 Å². The molecule has 2 aromatic rings. The first kappa shape index (κ1) is 19.1. The normalized spacial score (nSPS) is 16.0. The number of hydrogen-bond donors (Lipinski definition) is 1. The van der Waals surface area contributed by atoms with Crippen LogP contribution in [-0.2, 0) is 9.53 Å². The van der Waals surface area contributed by atoms with Gasteiger partial charge in [0.2, 0.25) is 0 Å². The average Bonchev–Trinajstić information content (AvgIpc) is 2.97. The molecule has 0 radical (unpaired) electrons. The smallest absolute Gasteiger partial charge is 0.331 e. The molecular formula is C21H27N3O3. The molecule has 0 aromatic carbocycles. The number of aryl methyl sites for hydroxylation is 1. The molecule has 0 bridgehead atoms. The zero-order chi connectivity index (χ0) is 19.4. The minimum Gasteiger partial charge on any atom is -0.464 e. The summed E-state index contributed by atoms with van der Waals surface area (Å²) in [6, 6.07) is 5.68. The molecule has 0 unspecified atom stereocenters. The van der Waals surface area contributed by atoms with Crippen molar-refractivity contribution in [2.75, 3.05) is 6.61 Å². The predicted molar refractivity (Wildman–Crippen MR) is 103 cm³/mol. The molecule has 1 amide bonds. The maximum absolute atomic E-state index is 13.1. The van der Waals surface area contributed by atoms with E-state index in [1.165, 1.54) is 0 Å². The standard InChI is InChI=1S/C21H27N3O3/c1-4-27-20(26)21(10-6-5-7-11-21)23-19(25)18-13-15(2)24(16(18)3)17-9-8-12-22-14-17/h8-9,12-14H,4-7,10-11H2,1-3H3,(H,23,25). The number of rotatable bonds is 5. The van der Waals surface area contributed by atoms with Crippen molar-refractivity contribution in [3.8, 4) is 5.69 Å². The molecule has 1 fully saturated rings. The minimum absolute atomic E-state index is 0.229. The van der Waals surface area contributed by atoms with E-state index in [2.05, 4.69) is 10.3 Å². The van der Waals surface area contributed by atoms with Gasteiger partial charge in [-0.3, -0.25) is 9.78 Å². The van der Waals surface area contributed by atoms with Crippen molar-refractivity contribution in [3.63, 3.8) is 0 Å². The van der Waals surface area contributed by atoms with E-state index in [-0.39, 0.29) is 11.9 Å². The van der Waals surface area contributed by atoms with E-state index in [1.807, 2.05) is 36.6 Å². The van der Waals surface area contributed by atoms with Crippen molar-refractivity contribution in [1.29, 1.82) is 0 Å². The lowest BCUT2D eigenvalue weighted by Gasteiger charge is -2.35. The van der Waals surface area contributed by atoms with Crippen LogP contribution in [0.2, 0.25) is 0 Å². The third kappa shape index (κ3) is 3.75. The molecule has 6 nitrogen and oxygen atoms in total. The molecule has 2 heterocycles. The number of hydrogen-bond acceptors (Lipinski definition) is 4. The third-order valence-corrected chi connectivity index (χ3v) is 5.31. The van der Waals surface area contributed by atoms with Gasteiger partial charge in [-0.1, -0.05) is 19.3 Å². The lowest BCUT2D eigenvalue weighted by Crippen LogP contribution is -2.56. The number of ether oxygens (including phenoxy) is 1. The first-order valence-electron chi connectivity index (χ1n) is 9.57. The first-order chi connectivity index (χ1) is 13.0. The second-order valence-corrected chi connectivity index (χ2v) is 7.15. The topological polar surface area (TPSA) is 73.2 Å². The van der Waals surface area contributed by atoms with Gasteiger partial charge in [-0.05, 0) is 51.8 Å². The van der Waals surface area contributed by atoms with Gasteiger partial charge >= 0.3 is 5.97 Å². The van der Waals surface area contributed by atoms with Crippen LogP contribution in [0.5, 0.6) is 0 Å². The zero-order valence-electron chi connectivity index (χ0n) is 16.2. The monoisotopic (exact) mass is 369 g/mol. The largest absolute Gasteiger partial charge is 0.464 e. The highest BCUT2D eigenvalue weighted by Crippen LogP contribution is 2.30. The van der Waals surface area contributed by atoms with Crippen LogP contribution in [0.3, 0.4) is 0 Å². The van der Waals surface area contributed by atoms with Crippen LogP contribution in [-0.4, -0.2) is 33.6 Å². The second kappa shape index (κ2) is 7.94. The fourth-order valence-electron chi connectivity index (χ4n) is 3.97. The van der Waals surface area contributed by atoms with Crippen molar-refractivity contribution in [1.82, 2.24) is 14.9 Å². The Morgan fingerprint density at radius 1 is 1.26 bits per heavy atom. The van der Waals surface area contributed by atoms with Gasteiger partial charge in [0.15, 0.2) is 0 Å². The Kier molecular flexibility index (Phi) is 5.63. The summed E-state index contributed by atoms with van der Waals surface area (Å²) in [7, 11) is 0. The number of nitrogens with zero attached hydrogens (tertiary/aromatic N) is 2. The molecule has 1 aliphatic rings. The van der Waals surface area contributed by atoms with Gasteiger partial charge in [0.05, 0.1) is 24.1 Å². The summed E-state index contributed by atoms with van der Waals surface area (Å²) in [4.78, 5) is 29.9. The zero-order valence-corrected chi connectivity index (χ0v) is 16.2. The molecule has 3 rings (SSSR count). The number of carbonyl (C=O) groups is 2. The maximum atomic E-state index is 13.1. The molecular weight excluding hydrogens is 342 g/mol. The van der Waals surface area contributed by atoms with Gasteiger partial charge in [-0.25, -0.2) is 4.79 Å². The van der Waals surface area contributed by atoms with E-state index < -0.39 is 5.54 Å². The SMILES string of the molecule is CCOC(=O)C1(NC(=O)c2cc(C)n(-c3cccnc3)c2C)CCCCC1. The Morgan fingerprint density at radius 2 is 2.00 bits per heavy atom. The molecule has 0 atom stereocenters. The summed E-state index contributed by atoms with van der Waals surface area (Å²) in [6.45, 7) is 5.97. The van der Waals surface area contributed by atoms with Crippen LogP contribution in [0.25, 0.3) is 5.69 Å². The Morgan fingerprint density at radius 3 is 2.63 bits per heavy atom. The van der Waals surface area contributed by atoms with Crippen LogP contribution in [0.1, 0.15) is 60.8 Å². The van der Waals surface area contributed by atoms with Crippen molar-refractivity contribution in [2.24, 2.45) is 0 Å². The molecule has 2 aromatic heterocycles. The van der Waals surface area contributed by atoms with Gasteiger partial charge in [0.25, 0.3) is 5.91 Å². The summed E-state index contributed by atoms with van der Waals surface area (Å²) < 4.78 is 7.28. The lowest BCUT2D eigenvalue weighted by atomic mass is 9.81. The molecule has 0 aliphatic heterocycles. The van der Waals surface area contributed by atoms with Crippen molar-refractivity contribution < 1.29 is 14.3 Å². The van der Waals surface area contributed by atoms with Gasteiger partial charge in [-0.2, -0.15) is 0 Å². The number of carbonyl (C=O) groups excluding carboxylic acids is 2. The fourth-order valence-corrected chi connectivity index (χ4v) is 3.97. The van der Waals surface area contributed by atoms with E-state index in [0.717, 1.165) is 36.3 Å². The van der Waals surface area contributed by atoms with Crippen molar-refractivity contribution in [3.05, 3.63) is 47.5 Å². The van der Waals surface area contributed by atoms with E-state index in [0.29, 0.717) is 25.0 Å². The molecule has 27 heavy (non-hydrogen) atoms. The lowest BCUT2D eigenvalue weighted by molar-refractivity contribution is -0.152. The number of aromatic nitrogens is 2. The summed E-state index contributed by atoms with van der Waals surface area (Å²) in [5, 5.41) is 3.02. The molecule has 6 heteroatoms. The number of amides is 1. The Bertz CT molecular complexity index is 821. The Balaban J connectivity index is 1.90. The highest BCUT2D eigenvalue weighted by Gasteiger charge is 2.42. The van der Waals surface area contributed by atoms with Gasteiger partial charge in [0.1, 0.15) is 5.54 Å². The second-order valence-electron chi connectivity index (χ2n) is 7.15. The molecule has 1 saturated carbocycles. The van der Waals surface area contributed by atoms with E-state index >= 15 is 0 Å². The first-order valence-corrected chi connectivity index (χ1v) is 9.57. The number of nitrogens with one attached hydrogen (secondary N) is 1. The number of esters is 1. The average molecular weight is 369 g/mol. The number of pyridine rings is 1. The van der Waals surface area contributed by atoms with Crippen molar-refractivity contribution in [2.45, 2.75) is 58.4 Å². The van der Waals surface area contributed by atoms with E-state index in [9.17, 15) is 9.59 Å². The summed E-state index contributed by atoms with van der Waals surface area (Å²) in [6.07, 6.45) is 7.63. The van der Waals surface area contributed by atoms with E-state index in [1.54, 1.807) is 19.3 Å². The highest BCUT2D eigenvalue weighted by molar-refractivity contribution is 5.99. The van der Waals surface area contributed by atoms with Crippen LogP contribution in [0.15, 0.2) is 30.6 Å². The van der Waals surface area contributed by atoms with Crippen LogP contribution in [0, 0.1) is 13.8 Å². The quantitative estimate of drug-likeness (QED) is 0.819. The molecule has 0 spiro atoms. The van der Waals surface area contributed by atoms with Crippen molar-refractivity contribution >= 4 is 11.9 Å². The van der Waals surface area contributed by atoms with Crippen LogP contribution >= 0.6 is 0 Å². The summed E-state index contributed by atoms with van der Waals surface area (Å²) in [5.41, 5.74) is 2.34. The molecule has 1 aliphatic carbocycles. The van der Waals surface area contributed by atoms with Crippen LogP contribution < -0.4 is 5.32 Å². The molecule has 1 N–H and O–H groups in total. The molecule has 0 saturated heterocycles. The van der Waals surface area contributed by atoms with Gasteiger partial charge < -0.3 is 14.6 Å². The maximum Gasteiger partial charge on any atom is 0.331 e. The Hall–Kier alpha value is -2.63. The fraction of sp³-hybridized carbons (Fsp3) is 0.476. The molecule has 144 valence electrons. The highest BCUT2D eigenvalue weighted by atomic mass is 16.5. The Labute approximate surface area is 159 Å².